The standard InChI is InChI=1S/C17H14N2O2/c1-18-17(21)16-10-13(11-5-3-2-4-6-11)14-9-12(20)7-8-15(14)19-16/h2-10,20H,1H3,(H,18,21). The molecule has 0 unspecified atom stereocenters. The van der Waals surface area contributed by atoms with Gasteiger partial charge in [0.25, 0.3) is 5.91 Å². The minimum atomic E-state index is -0.234. The molecule has 0 radical (unpaired) electrons. The van der Waals surface area contributed by atoms with Crippen molar-refractivity contribution in [2.45, 2.75) is 0 Å². The Morgan fingerprint density at radius 1 is 1.10 bits per heavy atom. The number of pyridine rings is 1. The number of aromatic nitrogens is 1. The predicted octanol–water partition coefficient (Wildman–Crippen LogP) is 2.97. The van der Waals surface area contributed by atoms with Crippen molar-refractivity contribution in [3.8, 4) is 16.9 Å². The molecule has 21 heavy (non-hydrogen) atoms. The van der Waals surface area contributed by atoms with Crippen LogP contribution in [0.2, 0.25) is 0 Å². The largest absolute Gasteiger partial charge is 0.508 e. The van der Waals surface area contributed by atoms with Crippen LogP contribution < -0.4 is 5.32 Å². The van der Waals surface area contributed by atoms with Crippen molar-refractivity contribution in [2.24, 2.45) is 0 Å². The van der Waals surface area contributed by atoms with Gasteiger partial charge in [-0.25, -0.2) is 4.98 Å². The fourth-order valence-electron chi connectivity index (χ4n) is 2.31. The van der Waals surface area contributed by atoms with Crippen LogP contribution in [0.15, 0.2) is 54.6 Å². The van der Waals surface area contributed by atoms with Gasteiger partial charge in [0.2, 0.25) is 0 Å². The summed E-state index contributed by atoms with van der Waals surface area (Å²) >= 11 is 0. The Morgan fingerprint density at radius 2 is 1.86 bits per heavy atom. The summed E-state index contributed by atoms with van der Waals surface area (Å²) in [6, 6.07) is 16.4. The maximum Gasteiger partial charge on any atom is 0.269 e. The zero-order valence-corrected chi connectivity index (χ0v) is 11.5. The van der Waals surface area contributed by atoms with Crippen LogP contribution in [-0.4, -0.2) is 23.0 Å². The highest BCUT2D eigenvalue weighted by atomic mass is 16.3. The van der Waals surface area contributed by atoms with E-state index in [-0.39, 0.29) is 11.7 Å². The van der Waals surface area contributed by atoms with Crippen molar-refractivity contribution in [1.29, 1.82) is 0 Å². The van der Waals surface area contributed by atoms with E-state index in [1.54, 1.807) is 31.3 Å². The van der Waals surface area contributed by atoms with Gasteiger partial charge in [-0.3, -0.25) is 4.79 Å². The lowest BCUT2D eigenvalue weighted by Gasteiger charge is -2.10. The lowest BCUT2D eigenvalue weighted by atomic mass is 10.00. The fourth-order valence-corrected chi connectivity index (χ4v) is 2.31. The number of rotatable bonds is 2. The number of benzene rings is 2. The molecule has 2 N–H and O–H groups in total. The number of nitrogens with one attached hydrogen (secondary N) is 1. The molecule has 0 saturated heterocycles. The van der Waals surface area contributed by atoms with Gasteiger partial charge in [-0.05, 0) is 35.4 Å². The van der Waals surface area contributed by atoms with Crippen LogP contribution >= 0.6 is 0 Å². The van der Waals surface area contributed by atoms with Crippen molar-refractivity contribution < 1.29 is 9.90 Å². The zero-order valence-electron chi connectivity index (χ0n) is 11.5. The molecule has 2 aromatic carbocycles. The van der Waals surface area contributed by atoms with E-state index in [1.807, 2.05) is 30.3 Å². The van der Waals surface area contributed by atoms with E-state index in [9.17, 15) is 9.90 Å². The van der Waals surface area contributed by atoms with E-state index in [2.05, 4.69) is 10.3 Å². The molecule has 1 heterocycles. The highest BCUT2D eigenvalue weighted by molar-refractivity contribution is 6.01. The molecule has 1 amide bonds. The van der Waals surface area contributed by atoms with Crippen LogP contribution in [0.25, 0.3) is 22.0 Å². The number of nitrogens with zero attached hydrogens (tertiary/aromatic N) is 1. The molecule has 3 rings (SSSR count). The quantitative estimate of drug-likeness (QED) is 0.757. The molecule has 4 heteroatoms. The van der Waals surface area contributed by atoms with Crippen LogP contribution in [0.3, 0.4) is 0 Å². The minimum Gasteiger partial charge on any atom is -0.508 e. The van der Waals surface area contributed by atoms with E-state index >= 15 is 0 Å². The van der Waals surface area contributed by atoms with Crippen molar-refractivity contribution in [3.05, 3.63) is 60.3 Å². The highest BCUT2D eigenvalue weighted by Crippen LogP contribution is 2.30. The molecular formula is C17H14N2O2. The van der Waals surface area contributed by atoms with Crippen molar-refractivity contribution in [1.82, 2.24) is 10.3 Å². The molecule has 1 aromatic heterocycles. The Kier molecular flexibility index (Phi) is 3.28. The minimum absolute atomic E-state index is 0.175. The molecule has 0 fully saturated rings. The van der Waals surface area contributed by atoms with E-state index in [4.69, 9.17) is 0 Å². The lowest BCUT2D eigenvalue weighted by Crippen LogP contribution is -2.19. The number of phenols is 1. The van der Waals surface area contributed by atoms with Crippen LogP contribution in [-0.2, 0) is 0 Å². The Morgan fingerprint density at radius 3 is 2.57 bits per heavy atom. The van der Waals surface area contributed by atoms with E-state index in [0.29, 0.717) is 11.2 Å². The first-order valence-electron chi connectivity index (χ1n) is 6.60. The number of carbonyl (C=O) groups is 1. The van der Waals surface area contributed by atoms with E-state index < -0.39 is 0 Å². The number of hydrogen-bond acceptors (Lipinski definition) is 3. The van der Waals surface area contributed by atoms with Crippen molar-refractivity contribution in [2.75, 3.05) is 7.05 Å². The van der Waals surface area contributed by atoms with Gasteiger partial charge in [-0.15, -0.1) is 0 Å². The summed E-state index contributed by atoms with van der Waals surface area (Å²) in [6.45, 7) is 0. The fraction of sp³-hybridized carbons (Fsp3) is 0.0588. The molecule has 0 bridgehead atoms. The van der Waals surface area contributed by atoms with Gasteiger partial charge < -0.3 is 10.4 Å². The summed E-state index contributed by atoms with van der Waals surface area (Å²) in [5.41, 5.74) is 2.87. The second-order valence-electron chi connectivity index (χ2n) is 4.70. The predicted molar refractivity (Wildman–Crippen MR) is 82.2 cm³/mol. The Bertz CT molecular complexity index is 814. The number of aromatic hydroxyl groups is 1. The summed E-state index contributed by atoms with van der Waals surface area (Å²) in [7, 11) is 1.58. The lowest BCUT2D eigenvalue weighted by molar-refractivity contribution is 0.0958. The molecule has 0 aliphatic heterocycles. The number of carbonyl (C=O) groups excluding carboxylic acids is 1. The van der Waals surface area contributed by atoms with Gasteiger partial charge >= 0.3 is 0 Å². The average molecular weight is 278 g/mol. The topological polar surface area (TPSA) is 62.2 Å². The molecule has 0 atom stereocenters. The van der Waals surface area contributed by atoms with Crippen molar-refractivity contribution in [3.63, 3.8) is 0 Å². The first kappa shape index (κ1) is 13.1. The molecule has 3 aromatic rings. The number of fused-ring (bicyclic) bond motifs is 1. The number of hydrogen-bond donors (Lipinski definition) is 2. The van der Waals surface area contributed by atoms with E-state index in [1.165, 1.54) is 0 Å². The Balaban J connectivity index is 2.33. The van der Waals surface area contributed by atoms with E-state index in [0.717, 1.165) is 16.5 Å². The Labute approximate surface area is 122 Å². The third-order valence-corrected chi connectivity index (χ3v) is 3.34. The summed E-state index contributed by atoms with van der Waals surface area (Å²) < 4.78 is 0. The van der Waals surface area contributed by atoms with Gasteiger partial charge in [0.05, 0.1) is 5.52 Å². The normalized spacial score (nSPS) is 10.5. The second-order valence-corrected chi connectivity index (χ2v) is 4.70. The number of phenolic OH excluding ortho intramolecular Hbond substituents is 1. The molecule has 104 valence electrons. The first-order valence-corrected chi connectivity index (χ1v) is 6.60. The van der Waals surface area contributed by atoms with Gasteiger partial charge in [0.1, 0.15) is 11.4 Å². The molecule has 0 saturated carbocycles. The third kappa shape index (κ3) is 2.43. The summed E-state index contributed by atoms with van der Waals surface area (Å²) in [5, 5.41) is 13.1. The monoisotopic (exact) mass is 278 g/mol. The van der Waals surface area contributed by atoms with Gasteiger partial charge in [-0.2, -0.15) is 0 Å². The highest BCUT2D eigenvalue weighted by Gasteiger charge is 2.12. The molecule has 0 aliphatic rings. The second kappa shape index (κ2) is 5.25. The van der Waals surface area contributed by atoms with Gasteiger partial charge in [0.15, 0.2) is 0 Å². The van der Waals surface area contributed by atoms with Crippen LogP contribution in [0.1, 0.15) is 10.5 Å². The van der Waals surface area contributed by atoms with Gasteiger partial charge in [-0.1, -0.05) is 30.3 Å². The molecule has 0 spiro atoms. The summed E-state index contributed by atoms with van der Waals surface area (Å²) in [5.74, 6) is -0.0590. The van der Waals surface area contributed by atoms with Crippen LogP contribution in [0.4, 0.5) is 0 Å². The zero-order chi connectivity index (χ0) is 14.8. The summed E-state index contributed by atoms with van der Waals surface area (Å²) in [6.07, 6.45) is 0. The SMILES string of the molecule is CNC(=O)c1cc(-c2ccccc2)c2cc(O)ccc2n1. The molecule has 0 aliphatic carbocycles. The first-order chi connectivity index (χ1) is 10.2. The maximum absolute atomic E-state index is 11.9. The smallest absolute Gasteiger partial charge is 0.269 e. The Hall–Kier alpha value is -2.88. The average Bonchev–Trinajstić information content (AvgIpc) is 2.54. The van der Waals surface area contributed by atoms with Gasteiger partial charge in [0, 0.05) is 12.4 Å². The molecular weight excluding hydrogens is 264 g/mol. The molecule has 4 nitrogen and oxygen atoms in total. The number of amides is 1. The summed E-state index contributed by atoms with van der Waals surface area (Å²) in [4.78, 5) is 16.2. The van der Waals surface area contributed by atoms with Crippen molar-refractivity contribution >= 4 is 16.8 Å². The van der Waals surface area contributed by atoms with Crippen LogP contribution in [0, 0.1) is 0 Å². The van der Waals surface area contributed by atoms with Crippen LogP contribution in [0.5, 0.6) is 5.75 Å². The third-order valence-electron chi connectivity index (χ3n) is 3.34. The maximum atomic E-state index is 11.9.